The van der Waals surface area contributed by atoms with Gasteiger partial charge in [-0.1, -0.05) is 324 Å². The van der Waals surface area contributed by atoms with E-state index in [4.69, 9.17) is 14.2 Å². The van der Waals surface area contributed by atoms with Crippen molar-refractivity contribution in [2.24, 2.45) is 0 Å². The van der Waals surface area contributed by atoms with Crippen molar-refractivity contribution < 1.29 is 28.6 Å². The molecule has 0 aromatic rings. The van der Waals surface area contributed by atoms with E-state index in [0.29, 0.717) is 19.3 Å². The highest BCUT2D eigenvalue weighted by Crippen LogP contribution is 2.17. The number of carbonyl (C=O) groups is 3. The molecule has 0 fully saturated rings. The summed E-state index contributed by atoms with van der Waals surface area (Å²) in [5, 5.41) is 0. The van der Waals surface area contributed by atoms with Gasteiger partial charge in [0.15, 0.2) is 6.10 Å². The average molecular weight is 1100 g/mol. The van der Waals surface area contributed by atoms with Gasteiger partial charge in [0, 0.05) is 19.3 Å². The van der Waals surface area contributed by atoms with Crippen LogP contribution in [0.4, 0.5) is 0 Å². The van der Waals surface area contributed by atoms with E-state index >= 15 is 0 Å². The second kappa shape index (κ2) is 67.1. The summed E-state index contributed by atoms with van der Waals surface area (Å²) in [6.45, 7) is 6.51. The first-order valence-electron chi connectivity index (χ1n) is 34.1. The first-order valence-corrected chi connectivity index (χ1v) is 34.1. The third-order valence-corrected chi connectivity index (χ3v) is 14.9. The van der Waals surface area contributed by atoms with Crippen molar-refractivity contribution in [1.82, 2.24) is 0 Å². The monoisotopic (exact) mass is 1100 g/mol. The number of unbranched alkanes of at least 4 members (excludes halogenated alkanes) is 37. The van der Waals surface area contributed by atoms with Crippen molar-refractivity contribution in [3.63, 3.8) is 0 Å². The minimum Gasteiger partial charge on any atom is -0.462 e. The Morgan fingerprint density at radius 3 is 0.848 bits per heavy atom. The predicted molar refractivity (Wildman–Crippen MR) is 344 cm³/mol. The Balaban J connectivity index is 4.43. The van der Waals surface area contributed by atoms with Crippen LogP contribution >= 0.6 is 0 Å². The minimum atomic E-state index is -0.808. The fourth-order valence-electron chi connectivity index (χ4n) is 9.82. The van der Waals surface area contributed by atoms with Crippen LogP contribution in [0.1, 0.15) is 342 Å². The molecule has 6 nitrogen and oxygen atoms in total. The molecule has 0 aliphatic heterocycles. The zero-order valence-corrected chi connectivity index (χ0v) is 52.4. The smallest absolute Gasteiger partial charge is 0.306 e. The molecule has 0 heterocycles. The lowest BCUT2D eigenvalue weighted by Gasteiger charge is -2.18. The first kappa shape index (κ1) is 75.6. The van der Waals surface area contributed by atoms with Crippen LogP contribution in [0.15, 0.2) is 85.1 Å². The first-order chi connectivity index (χ1) is 39.0. The maximum Gasteiger partial charge on any atom is 0.306 e. The molecule has 0 saturated carbocycles. The summed E-state index contributed by atoms with van der Waals surface area (Å²) in [5.74, 6) is -0.967. The Hall–Kier alpha value is -3.41. The van der Waals surface area contributed by atoms with E-state index in [2.05, 4.69) is 99.8 Å². The van der Waals surface area contributed by atoms with Crippen LogP contribution in [-0.2, 0) is 28.6 Å². The number of ether oxygens (including phenoxy) is 3. The highest BCUT2D eigenvalue weighted by Gasteiger charge is 2.19. The number of allylic oxidation sites excluding steroid dienone is 14. The molecule has 0 N–H and O–H groups in total. The molecule has 0 aromatic carbocycles. The van der Waals surface area contributed by atoms with Gasteiger partial charge in [0.2, 0.25) is 0 Å². The molecule has 0 unspecified atom stereocenters. The molecule has 456 valence electrons. The molecule has 0 rings (SSSR count). The normalized spacial score (nSPS) is 12.6. The summed E-state index contributed by atoms with van der Waals surface area (Å²) < 4.78 is 16.9. The van der Waals surface area contributed by atoms with Gasteiger partial charge in [-0.05, 0) is 83.5 Å². The van der Waals surface area contributed by atoms with Gasteiger partial charge in [-0.25, -0.2) is 0 Å². The maximum atomic E-state index is 12.9. The summed E-state index contributed by atoms with van der Waals surface area (Å²) in [4.78, 5) is 38.4. The molecule has 0 bridgehead atoms. The lowest BCUT2D eigenvalue weighted by Crippen LogP contribution is -2.30. The van der Waals surface area contributed by atoms with Crippen LogP contribution in [0.3, 0.4) is 0 Å². The Bertz CT molecular complexity index is 1500. The fraction of sp³-hybridized carbons (Fsp3) is 0.767. The van der Waals surface area contributed by atoms with E-state index < -0.39 is 6.10 Å². The average Bonchev–Trinajstić information content (AvgIpc) is 3.45. The van der Waals surface area contributed by atoms with Crippen molar-refractivity contribution in [3.8, 4) is 0 Å². The maximum absolute atomic E-state index is 12.9. The minimum absolute atomic E-state index is 0.0970. The van der Waals surface area contributed by atoms with E-state index in [1.165, 1.54) is 218 Å². The lowest BCUT2D eigenvalue weighted by atomic mass is 10.0. The standard InChI is InChI=1S/C73H128O6/c1-4-7-10-13-16-19-22-25-28-31-34-36-39-42-45-48-51-54-57-60-63-66-72(75)78-69-70(68-77-71(74)65-62-59-56-53-50-47-44-41-38-33-30-27-24-21-18-15-12-9-6-3)79-73(76)67-64-61-58-55-52-49-46-43-40-37-35-32-29-26-23-20-17-14-11-8-5-2/h9,12,18,21,25,27-28,30,38,41,47,50,56,59,70H,4-8,10-11,13-17,19-20,22-24,26,29,31-37,39-40,42-46,48-49,51-55,57-58,60-69H2,1-3H3/b12-9-,21-18-,28-25-,30-27-,41-38-,50-47-,59-56-/t70-/m1/s1. The Morgan fingerprint density at radius 1 is 0.266 bits per heavy atom. The Kier molecular flexibility index (Phi) is 64.2. The summed E-state index contributed by atoms with van der Waals surface area (Å²) in [7, 11) is 0. The summed E-state index contributed by atoms with van der Waals surface area (Å²) in [6, 6.07) is 0. The van der Waals surface area contributed by atoms with Crippen molar-refractivity contribution in [2.75, 3.05) is 13.2 Å². The molecule has 6 heteroatoms. The highest BCUT2D eigenvalue weighted by atomic mass is 16.6. The number of hydrogen-bond donors (Lipinski definition) is 0. The predicted octanol–water partition coefficient (Wildman–Crippen LogP) is 23.4. The molecule has 0 saturated heterocycles. The van der Waals surface area contributed by atoms with Gasteiger partial charge >= 0.3 is 17.9 Å². The van der Waals surface area contributed by atoms with Crippen molar-refractivity contribution in [1.29, 1.82) is 0 Å². The van der Waals surface area contributed by atoms with E-state index in [1.54, 1.807) is 0 Å². The zero-order chi connectivity index (χ0) is 57.1. The van der Waals surface area contributed by atoms with Crippen LogP contribution in [0.25, 0.3) is 0 Å². The van der Waals surface area contributed by atoms with Gasteiger partial charge in [0.1, 0.15) is 13.2 Å². The second-order valence-corrected chi connectivity index (χ2v) is 22.7. The van der Waals surface area contributed by atoms with Gasteiger partial charge in [0.05, 0.1) is 0 Å². The van der Waals surface area contributed by atoms with Crippen molar-refractivity contribution >= 4 is 17.9 Å². The number of hydrogen-bond acceptors (Lipinski definition) is 6. The summed E-state index contributed by atoms with van der Waals surface area (Å²) in [6.07, 6.45) is 89.0. The third-order valence-electron chi connectivity index (χ3n) is 14.9. The van der Waals surface area contributed by atoms with Crippen LogP contribution in [0, 0.1) is 0 Å². The largest absolute Gasteiger partial charge is 0.462 e. The SMILES string of the molecule is CC/C=C\C/C=C\C/C=C\C/C=C\C/C=C\C/C=C\CCC(=O)OC[C@H](COC(=O)CCCCCCCCCCCCC/C=C\CCCCCCCC)OC(=O)CCCCCCCCCCCCCCCCCCCCCCC. The fourth-order valence-corrected chi connectivity index (χ4v) is 9.82. The molecular formula is C73H128O6. The van der Waals surface area contributed by atoms with E-state index in [9.17, 15) is 14.4 Å². The van der Waals surface area contributed by atoms with E-state index in [0.717, 1.165) is 77.0 Å². The number of rotatable bonds is 62. The molecule has 0 radical (unpaired) electrons. The topological polar surface area (TPSA) is 78.9 Å². The number of carbonyl (C=O) groups excluding carboxylic acids is 3. The number of esters is 3. The zero-order valence-electron chi connectivity index (χ0n) is 52.4. The summed E-state index contributed by atoms with van der Waals surface area (Å²) in [5.41, 5.74) is 0. The Labute approximate surface area is 490 Å². The molecule has 0 aliphatic carbocycles. The van der Waals surface area contributed by atoms with Crippen LogP contribution in [-0.4, -0.2) is 37.2 Å². The lowest BCUT2D eigenvalue weighted by molar-refractivity contribution is -0.166. The summed E-state index contributed by atoms with van der Waals surface area (Å²) >= 11 is 0. The molecule has 1 atom stereocenters. The molecule has 0 spiro atoms. The van der Waals surface area contributed by atoms with Crippen molar-refractivity contribution in [3.05, 3.63) is 85.1 Å². The quantitative estimate of drug-likeness (QED) is 0.0261. The molecule has 0 amide bonds. The molecule has 0 aliphatic rings. The van der Waals surface area contributed by atoms with Crippen LogP contribution in [0.5, 0.6) is 0 Å². The molecule has 79 heavy (non-hydrogen) atoms. The van der Waals surface area contributed by atoms with Gasteiger partial charge in [-0.2, -0.15) is 0 Å². The molecular weight excluding hydrogens is 973 g/mol. The second-order valence-electron chi connectivity index (χ2n) is 22.7. The molecule has 0 aromatic heterocycles. The van der Waals surface area contributed by atoms with E-state index in [-0.39, 0.29) is 37.5 Å². The van der Waals surface area contributed by atoms with Gasteiger partial charge in [-0.3, -0.25) is 14.4 Å². The van der Waals surface area contributed by atoms with Gasteiger partial charge < -0.3 is 14.2 Å². The van der Waals surface area contributed by atoms with Crippen molar-refractivity contribution in [2.45, 2.75) is 348 Å². The third kappa shape index (κ3) is 65.3. The van der Waals surface area contributed by atoms with E-state index in [1.807, 2.05) is 6.08 Å². The van der Waals surface area contributed by atoms with Gasteiger partial charge in [0.25, 0.3) is 0 Å². The highest BCUT2D eigenvalue weighted by molar-refractivity contribution is 5.71. The van der Waals surface area contributed by atoms with Gasteiger partial charge in [-0.15, -0.1) is 0 Å². The van der Waals surface area contributed by atoms with Crippen LogP contribution in [0.2, 0.25) is 0 Å². The Morgan fingerprint density at radius 2 is 0.519 bits per heavy atom. The van der Waals surface area contributed by atoms with Crippen LogP contribution < -0.4 is 0 Å².